The first-order valence-electron chi connectivity index (χ1n) is 10.4. The van der Waals surface area contributed by atoms with E-state index in [1.807, 2.05) is 24.3 Å². The average molecular weight is 433 g/mol. The topological polar surface area (TPSA) is 183 Å². The van der Waals surface area contributed by atoms with Gasteiger partial charge in [0.05, 0.1) is 12.1 Å². The first-order valence-corrected chi connectivity index (χ1v) is 10.4. The number of amides is 2. The molecule has 1 aliphatic heterocycles. The third-order valence-electron chi connectivity index (χ3n) is 5.25. The molecular formula is C21H32N6O4. The van der Waals surface area contributed by atoms with Crippen LogP contribution >= 0.6 is 0 Å². The summed E-state index contributed by atoms with van der Waals surface area (Å²) in [5.41, 5.74) is 13.0. The number of carbonyl (C=O) groups is 3. The largest absolute Gasteiger partial charge is 0.479 e. The highest BCUT2D eigenvalue weighted by molar-refractivity contribution is 5.88. The molecule has 31 heavy (non-hydrogen) atoms. The Labute approximate surface area is 181 Å². The molecule has 0 radical (unpaired) electrons. The monoisotopic (exact) mass is 432 g/mol. The van der Waals surface area contributed by atoms with Crippen molar-refractivity contribution in [2.24, 2.45) is 11.5 Å². The predicted octanol–water partition coefficient (Wildman–Crippen LogP) is -0.330. The van der Waals surface area contributed by atoms with E-state index >= 15 is 0 Å². The second-order valence-electron chi connectivity index (χ2n) is 7.66. The molecule has 0 bridgehead atoms. The Balaban J connectivity index is 1.65. The summed E-state index contributed by atoms with van der Waals surface area (Å²) in [6.07, 6.45) is 10.3. The highest BCUT2D eigenvalue weighted by Gasteiger charge is 2.26. The van der Waals surface area contributed by atoms with Crippen LogP contribution in [0.2, 0.25) is 0 Å². The number of nitrogens with one attached hydrogen (secondary N) is 4. The molecular weight excluding hydrogens is 400 g/mol. The number of amidine groups is 1. The highest BCUT2D eigenvalue weighted by Crippen LogP contribution is 2.16. The number of hydrogen-bond acceptors (Lipinski definition) is 6. The fourth-order valence-electron chi connectivity index (χ4n) is 3.57. The lowest BCUT2D eigenvalue weighted by Gasteiger charge is -2.19. The van der Waals surface area contributed by atoms with Crippen molar-refractivity contribution in [3.63, 3.8) is 0 Å². The molecule has 170 valence electrons. The molecule has 0 spiro atoms. The number of allylic oxidation sites excluding steroid dienone is 3. The molecule has 0 fully saturated rings. The van der Waals surface area contributed by atoms with Crippen LogP contribution in [-0.2, 0) is 14.4 Å². The van der Waals surface area contributed by atoms with Crippen LogP contribution in [0.1, 0.15) is 38.5 Å². The van der Waals surface area contributed by atoms with Crippen molar-refractivity contribution in [2.75, 3.05) is 13.1 Å². The Morgan fingerprint density at radius 2 is 2.03 bits per heavy atom. The minimum atomic E-state index is -1.07. The first kappa shape index (κ1) is 24.3. The number of hydrogen-bond donors (Lipinski definition) is 7. The van der Waals surface area contributed by atoms with Gasteiger partial charge in [-0.2, -0.15) is 0 Å². The van der Waals surface area contributed by atoms with Gasteiger partial charge in [-0.3, -0.25) is 15.0 Å². The lowest BCUT2D eigenvalue weighted by molar-refractivity contribution is -0.140. The van der Waals surface area contributed by atoms with Gasteiger partial charge in [-0.25, -0.2) is 4.79 Å². The fraction of sp³-hybridized carbons (Fsp3) is 0.524. The van der Waals surface area contributed by atoms with E-state index in [1.54, 1.807) is 0 Å². The molecule has 10 nitrogen and oxygen atoms in total. The maximum atomic E-state index is 12.2. The van der Waals surface area contributed by atoms with Crippen LogP contribution in [0.5, 0.6) is 0 Å². The van der Waals surface area contributed by atoms with Crippen LogP contribution < -0.4 is 27.4 Å². The van der Waals surface area contributed by atoms with E-state index in [4.69, 9.17) is 16.9 Å². The van der Waals surface area contributed by atoms with Crippen molar-refractivity contribution in [1.82, 2.24) is 16.0 Å². The van der Waals surface area contributed by atoms with E-state index in [0.717, 1.165) is 5.57 Å². The SMILES string of the molecule is N=C(N)C1NCC=C1CC(N)C(=O)NCCCCC(=O)NC(C(=O)O)C1=CCC=CC1. The minimum Gasteiger partial charge on any atom is -0.479 e. The van der Waals surface area contributed by atoms with Crippen molar-refractivity contribution in [1.29, 1.82) is 5.41 Å². The van der Waals surface area contributed by atoms with Gasteiger partial charge in [-0.1, -0.05) is 24.3 Å². The number of unbranched alkanes of at least 4 members (excludes halogenated alkanes) is 1. The maximum absolute atomic E-state index is 12.2. The fourth-order valence-corrected chi connectivity index (χ4v) is 3.57. The quantitative estimate of drug-likeness (QED) is 0.0952. The molecule has 0 aromatic rings. The van der Waals surface area contributed by atoms with E-state index in [1.165, 1.54) is 0 Å². The molecule has 2 rings (SSSR count). The van der Waals surface area contributed by atoms with Crippen LogP contribution in [0.4, 0.5) is 0 Å². The molecule has 1 heterocycles. The molecule has 2 amide bonds. The van der Waals surface area contributed by atoms with Crippen LogP contribution in [0, 0.1) is 5.41 Å². The van der Waals surface area contributed by atoms with Crippen molar-refractivity contribution in [3.8, 4) is 0 Å². The minimum absolute atomic E-state index is 0.00369. The number of carboxylic acid groups (broad SMARTS) is 1. The lowest BCUT2D eigenvalue weighted by Crippen LogP contribution is -2.44. The molecule has 0 saturated heterocycles. The Hall–Kier alpha value is -2.98. The molecule has 3 unspecified atom stereocenters. The third-order valence-corrected chi connectivity index (χ3v) is 5.25. The Morgan fingerprint density at radius 3 is 2.68 bits per heavy atom. The smallest absolute Gasteiger partial charge is 0.330 e. The molecule has 3 atom stereocenters. The molecule has 9 N–H and O–H groups in total. The summed E-state index contributed by atoms with van der Waals surface area (Å²) < 4.78 is 0. The van der Waals surface area contributed by atoms with Crippen molar-refractivity contribution >= 4 is 23.6 Å². The van der Waals surface area contributed by atoms with Crippen LogP contribution in [-0.4, -0.2) is 59.9 Å². The predicted molar refractivity (Wildman–Crippen MR) is 117 cm³/mol. The summed E-state index contributed by atoms with van der Waals surface area (Å²) in [5, 5.41) is 25.3. The summed E-state index contributed by atoms with van der Waals surface area (Å²) in [6.45, 7) is 0.957. The number of aliphatic carboxylic acids is 1. The van der Waals surface area contributed by atoms with Crippen LogP contribution in [0.15, 0.2) is 35.5 Å². The van der Waals surface area contributed by atoms with Gasteiger partial charge in [0.15, 0.2) is 0 Å². The number of rotatable bonds is 12. The number of carboxylic acids is 1. The zero-order valence-corrected chi connectivity index (χ0v) is 17.5. The van der Waals surface area contributed by atoms with Crippen LogP contribution in [0.25, 0.3) is 0 Å². The Kier molecular flexibility index (Phi) is 9.41. The second kappa shape index (κ2) is 12.0. The zero-order valence-electron chi connectivity index (χ0n) is 17.5. The van der Waals surface area contributed by atoms with Crippen molar-refractivity contribution in [3.05, 3.63) is 35.5 Å². The summed E-state index contributed by atoms with van der Waals surface area (Å²) in [7, 11) is 0. The molecule has 0 aromatic carbocycles. The van der Waals surface area contributed by atoms with Crippen LogP contribution in [0.3, 0.4) is 0 Å². The third kappa shape index (κ3) is 7.65. The normalized spacial score (nSPS) is 19.7. The van der Waals surface area contributed by atoms with E-state index in [2.05, 4.69) is 16.0 Å². The van der Waals surface area contributed by atoms with Gasteiger partial charge in [0.1, 0.15) is 11.9 Å². The van der Waals surface area contributed by atoms with Crippen molar-refractivity contribution in [2.45, 2.75) is 56.7 Å². The van der Waals surface area contributed by atoms with Gasteiger partial charge in [0.25, 0.3) is 0 Å². The maximum Gasteiger partial charge on any atom is 0.330 e. The van der Waals surface area contributed by atoms with Gasteiger partial charge < -0.3 is 32.5 Å². The number of carbonyl (C=O) groups excluding carboxylic acids is 2. The van der Waals surface area contributed by atoms with E-state index in [-0.39, 0.29) is 30.1 Å². The Bertz CT molecular complexity index is 789. The summed E-state index contributed by atoms with van der Waals surface area (Å²) in [4.78, 5) is 35.8. The van der Waals surface area contributed by atoms with Crippen molar-refractivity contribution < 1.29 is 19.5 Å². The molecule has 1 aliphatic carbocycles. The van der Waals surface area contributed by atoms with E-state index in [0.29, 0.717) is 50.8 Å². The van der Waals surface area contributed by atoms with Gasteiger partial charge in [0, 0.05) is 19.5 Å². The summed E-state index contributed by atoms with van der Waals surface area (Å²) >= 11 is 0. The number of nitrogens with two attached hydrogens (primary N) is 2. The molecule has 0 aromatic heterocycles. The summed E-state index contributed by atoms with van der Waals surface area (Å²) in [5.74, 6) is -1.71. The molecule has 0 saturated carbocycles. The second-order valence-corrected chi connectivity index (χ2v) is 7.66. The zero-order chi connectivity index (χ0) is 22.8. The first-order chi connectivity index (χ1) is 14.8. The highest BCUT2D eigenvalue weighted by atomic mass is 16.4. The van der Waals surface area contributed by atoms with E-state index in [9.17, 15) is 19.5 Å². The van der Waals surface area contributed by atoms with Gasteiger partial charge >= 0.3 is 5.97 Å². The standard InChI is InChI=1S/C21H32N6O4/c22-15(12-14-9-11-25-17(14)19(23)24)20(29)26-10-5-4-8-16(28)27-18(21(30)31)13-6-2-1-3-7-13/h1-2,7,9,15,17-18,25H,3-6,8,10-12,22H2,(H3,23,24)(H,26,29)(H,27,28)(H,30,31). The lowest BCUT2D eigenvalue weighted by atomic mass is 9.98. The van der Waals surface area contributed by atoms with Gasteiger partial charge in [-0.05, 0) is 43.3 Å². The van der Waals surface area contributed by atoms with Gasteiger partial charge in [0.2, 0.25) is 11.8 Å². The van der Waals surface area contributed by atoms with Gasteiger partial charge in [-0.15, -0.1) is 0 Å². The summed E-state index contributed by atoms with van der Waals surface area (Å²) in [6, 6.07) is -2.12. The average Bonchev–Trinajstić information content (AvgIpc) is 3.20. The molecule has 10 heteroatoms. The Morgan fingerprint density at radius 1 is 1.26 bits per heavy atom. The molecule has 2 aliphatic rings. The van der Waals surface area contributed by atoms with E-state index < -0.39 is 18.1 Å².